The maximum Gasteiger partial charge on any atom is 0.233 e. The van der Waals surface area contributed by atoms with Crippen molar-refractivity contribution in [3.63, 3.8) is 0 Å². The first-order valence-corrected chi connectivity index (χ1v) is 5.30. The molecule has 0 radical (unpaired) electrons. The smallest absolute Gasteiger partial charge is 0.233 e. The molecule has 0 aliphatic rings. The van der Waals surface area contributed by atoms with E-state index in [4.69, 9.17) is 10.6 Å². The van der Waals surface area contributed by atoms with Crippen LogP contribution >= 0.6 is 11.3 Å². The number of hydrogen-bond donors (Lipinski definition) is 2. The van der Waals surface area contributed by atoms with E-state index in [0.29, 0.717) is 26.1 Å². The van der Waals surface area contributed by atoms with Crippen LogP contribution in [0.25, 0.3) is 0 Å². The highest BCUT2D eigenvalue weighted by molar-refractivity contribution is 7.09. The van der Waals surface area contributed by atoms with Crippen LogP contribution in [0.5, 0.6) is 0 Å². The predicted octanol–water partition coefficient (Wildman–Crippen LogP) is 1.03. The fraction of sp³-hybridized carbons (Fsp3) is 0.444. The minimum absolute atomic E-state index is 0.148. The Kier molecular flexibility index (Phi) is 5.21. The first-order valence-electron chi connectivity index (χ1n) is 4.42. The third-order valence-electron chi connectivity index (χ3n) is 1.68. The third kappa shape index (κ3) is 4.36. The molecule has 1 aromatic rings. The van der Waals surface area contributed by atoms with Gasteiger partial charge in [0.25, 0.3) is 0 Å². The minimum Gasteiger partial charge on any atom is -0.376 e. The summed E-state index contributed by atoms with van der Waals surface area (Å²) in [5.74, 6) is 4.78. The first kappa shape index (κ1) is 11.2. The summed E-state index contributed by atoms with van der Waals surface area (Å²) in [5, 5.41) is 2.01. The van der Waals surface area contributed by atoms with Crippen molar-refractivity contribution in [3.05, 3.63) is 22.4 Å². The minimum atomic E-state index is -0.148. The van der Waals surface area contributed by atoms with Crippen LogP contribution in [0.15, 0.2) is 17.5 Å². The number of rotatable bonds is 6. The van der Waals surface area contributed by atoms with Crippen LogP contribution in [0.3, 0.4) is 0 Å². The zero-order valence-corrected chi connectivity index (χ0v) is 8.68. The van der Waals surface area contributed by atoms with E-state index < -0.39 is 0 Å². The van der Waals surface area contributed by atoms with Gasteiger partial charge in [-0.05, 0) is 17.9 Å². The fourth-order valence-corrected chi connectivity index (χ4v) is 1.61. The Morgan fingerprint density at radius 3 is 3.14 bits per heavy atom. The molecule has 78 valence electrons. The van der Waals surface area contributed by atoms with E-state index in [2.05, 4.69) is 5.43 Å². The summed E-state index contributed by atoms with van der Waals surface area (Å²) in [5.41, 5.74) is 2.08. The third-order valence-corrected chi connectivity index (χ3v) is 2.53. The maximum absolute atomic E-state index is 10.7. The molecule has 0 aromatic carbocycles. The number of hydrazine groups is 1. The van der Waals surface area contributed by atoms with Gasteiger partial charge >= 0.3 is 0 Å². The summed E-state index contributed by atoms with van der Waals surface area (Å²) in [7, 11) is 0. The van der Waals surface area contributed by atoms with Crippen molar-refractivity contribution in [2.75, 3.05) is 6.61 Å². The van der Waals surface area contributed by atoms with Crippen LogP contribution < -0.4 is 11.3 Å². The molecular formula is C9H14N2O2S. The lowest BCUT2D eigenvalue weighted by Crippen LogP contribution is -2.29. The molecule has 0 saturated heterocycles. The molecule has 0 spiro atoms. The van der Waals surface area contributed by atoms with Crippen LogP contribution in [0.2, 0.25) is 0 Å². The summed E-state index contributed by atoms with van der Waals surface area (Å²) in [6.07, 6.45) is 1.12. The van der Waals surface area contributed by atoms with Gasteiger partial charge in [0.05, 0.1) is 6.61 Å². The summed E-state index contributed by atoms with van der Waals surface area (Å²) in [4.78, 5) is 11.9. The molecule has 0 bridgehead atoms. The predicted molar refractivity (Wildman–Crippen MR) is 55.5 cm³/mol. The molecule has 0 unspecified atom stereocenters. The van der Waals surface area contributed by atoms with Gasteiger partial charge in [-0.3, -0.25) is 10.2 Å². The maximum atomic E-state index is 10.7. The van der Waals surface area contributed by atoms with E-state index in [1.54, 1.807) is 11.3 Å². The average Bonchev–Trinajstić information content (AvgIpc) is 2.69. The molecular weight excluding hydrogens is 200 g/mol. The van der Waals surface area contributed by atoms with Gasteiger partial charge in [0.1, 0.15) is 0 Å². The largest absolute Gasteiger partial charge is 0.376 e. The molecule has 14 heavy (non-hydrogen) atoms. The van der Waals surface area contributed by atoms with Crippen molar-refractivity contribution in [1.29, 1.82) is 0 Å². The number of hydrogen-bond acceptors (Lipinski definition) is 4. The lowest BCUT2D eigenvalue weighted by Gasteiger charge is -2.01. The number of thiophene rings is 1. The normalized spacial score (nSPS) is 10.1. The Balaban J connectivity index is 1.97. The molecule has 1 aromatic heterocycles. The van der Waals surface area contributed by atoms with Crippen LogP contribution in [-0.2, 0) is 16.1 Å². The molecule has 1 heterocycles. The van der Waals surface area contributed by atoms with E-state index in [1.165, 1.54) is 4.88 Å². The Morgan fingerprint density at radius 2 is 2.50 bits per heavy atom. The summed E-state index contributed by atoms with van der Waals surface area (Å²) >= 11 is 1.67. The molecule has 5 heteroatoms. The Hall–Kier alpha value is -0.910. The molecule has 0 fully saturated rings. The van der Waals surface area contributed by atoms with Gasteiger partial charge in [-0.2, -0.15) is 0 Å². The second-order valence-electron chi connectivity index (χ2n) is 2.80. The highest BCUT2D eigenvalue weighted by Crippen LogP contribution is 2.09. The van der Waals surface area contributed by atoms with Gasteiger partial charge in [-0.25, -0.2) is 5.84 Å². The number of ether oxygens (including phenoxy) is 1. The zero-order valence-electron chi connectivity index (χ0n) is 7.86. The van der Waals surface area contributed by atoms with Crippen molar-refractivity contribution in [2.24, 2.45) is 5.84 Å². The van der Waals surface area contributed by atoms with Crippen molar-refractivity contribution < 1.29 is 9.53 Å². The van der Waals surface area contributed by atoms with Crippen LogP contribution in [-0.4, -0.2) is 12.5 Å². The van der Waals surface area contributed by atoms with Crippen LogP contribution in [0.4, 0.5) is 0 Å². The second-order valence-corrected chi connectivity index (χ2v) is 3.84. The quantitative estimate of drug-likeness (QED) is 0.322. The van der Waals surface area contributed by atoms with Crippen molar-refractivity contribution >= 4 is 17.2 Å². The topological polar surface area (TPSA) is 64.3 Å². The highest BCUT2D eigenvalue weighted by atomic mass is 32.1. The monoisotopic (exact) mass is 214 g/mol. The van der Waals surface area contributed by atoms with Gasteiger partial charge in [0.2, 0.25) is 5.91 Å². The molecule has 0 atom stereocenters. The van der Waals surface area contributed by atoms with Crippen molar-refractivity contribution in [3.8, 4) is 0 Å². The van der Waals surface area contributed by atoms with Gasteiger partial charge in [0, 0.05) is 17.9 Å². The van der Waals surface area contributed by atoms with Crippen LogP contribution in [0, 0.1) is 0 Å². The summed E-state index contributed by atoms with van der Waals surface area (Å²) in [6, 6.07) is 4.02. The highest BCUT2D eigenvalue weighted by Gasteiger charge is 1.98. The molecule has 4 nitrogen and oxygen atoms in total. The Bertz CT molecular complexity index is 262. The van der Waals surface area contributed by atoms with Gasteiger partial charge in [-0.1, -0.05) is 6.07 Å². The van der Waals surface area contributed by atoms with Crippen LogP contribution in [0.1, 0.15) is 17.7 Å². The molecule has 3 N–H and O–H groups in total. The molecule has 0 aliphatic heterocycles. The summed E-state index contributed by atoms with van der Waals surface area (Å²) in [6.45, 7) is 1.22. The van der Waals surface area contributed by atoms with E-state index in [1.807, 2.05) is 17.5 Å². The van der Waals surface area contributed by atoms with Gasteiger partial charge in [0.15, 0.2) is 0 Å². The lowest BCUT2D eigenvalue weighted by atomic mass is 10.3. The van der Waals surface area contributed by atoms with Gasteiger partial charge < -0.3 is 4.74 Å². The van der Waals surface area contributed by atoms with E-state index in [9.17, 15) is 4.79 Å². The van der Waals surface area contributed by atoms with E-state index in [-0.39, 0.29) is 5.91 Å². The van der Waals surface area contributed by atoms with Crippen molar-refractivity contribution in [1.82, 2.24) is 5.43 Å². The fourth-order valence-electron chi connectivity index (χ4n) is 0.974. The molecule has 0 aliphatic carbocycles. The standard InChI is InChI=1S/C9H14N2O2S/c10-11-9(12)4-1-5-13-7-8-3-2-6-14-8/h2-3,6H,1,4-5,7,10H2,(H,11,12). The SMILES string of the molecule is NNC(=O)CCCOCc1cccs1. The number of carbonyl (C=O) groups is 1. The summed E-state index contributed by atoms with van der Waals surface area (Å²) < 4.78 is 5.36. The average molecular weight is 214 g/mol. The Morgan fingerprint density at radius 1 is 1.64 bits per heavy atom. The van der Waals surface area contributed by atoms with E-state index in [0.717, 1.165) is 0 Å². The number of carbonyl (C=O) groups excluding carboxylic acids is 1. The first-order chi connectivity index (χ1) is 6.83. The van der Waals surface area contributed by atoms with Crippen molar-refractivity contribution in [2.45, 2.75) is 19.4 Å². The Labute approximate surface area is 87.0 Å². The lowest BCUT2D eigenvalue weighted by molar-refractivity contribution is -0.121. The molecule has 1 rings (SSSR count). The molecule has 0 saturated carbocycles. The van der Waals surface area contributed by atoms with Gasteiger partial charge in [-0.15, -0.1) is 11.3 Å². The molecule has 1 amide bonds. The second kappa shape index (κ2) is 6.53. The number of nitrogens with one attached hydrogen (secondary N) is 1. The van der Waals surface area contributed by atoms with E-state index >= 15 is 0 Å². The number of amides is 1. The number of nitrogens with two attached hydrogens (primary N) is 1. The zero-order chi connectivity index (χ0) is 10.2.